The third-order valence-corrected chi connectivity index (χ3v) is 5.88. The maximum Gasteiger partial charge on any atom is 0.237 e. The standard InChI is InChI=1S/C25H27N3O/c26-17-24(29)28(18-20-12-14-27-15-13-20)25-22(16-19-6-2-1-3-7-19)11-10-21-8-4-5-9-23(21)25/h1-9,12-15,22,25H,10-11,16-18,26H2/t22-,25-/m0/s1. The fraction of sp³-hybridized carbons (Fsp3) is 0.280. The van der Waals surface area contributed by atoms with Gasteiger partial charge in [0.15, 0.2) is 0 Å². The van der Waals surface area contributed by atoms with Gasteiger partial charge in [-0.2, -0.15) is 0 Å². The summed E-state index contributed by atoms with van der Waals surface area (Å²) < 4.78 is 0. The Hall–Kier alpha value is -2.98. The highest BCUT2D eigenvalue weighted by atomic mass is 16.2. The SMILES string of the molecule is NCC(=O)N(Cc1ccncc1)[C@@H]1c2ccccc2CC[C@H]1Cc1ccccc1. The van der Waals surface area contributed by atoms with Gasteiger partial charge in [-0.05, 0) is 59.6 Å². The van der Waals surface area contributed by atoms with Gasteiger partial charge in [-0.25, -0.2) is 0 Å². The van der Waals surface area contributed by atoms with E-state index in [1.165, 1.54) is 16.7 Å². The molecule has 1 heterocycles. The average molecular weight is 386 g/mol. The minimum Gasteiger partial charge on any atom is -0.330 e. The summed E-state index contributed by atoms with van der Waals surface area (Å²) in [6.45, 7) is 0.560. The van der Waals surface area contributed by atoms with Crippen molar-refractivity contribution in [3.05, 3.63) is 101 Å². The number of rotatable bonds is 6. The van der Waals surface area contributed by atoms with Gasteiger partial charge in [0.05, 0.1) is 12.6 Å². The van der Waals surface area contributed by atoms with Gasteiger partial charge in [0.2, 0.25) is 5.91 Å². The molecule has 2 atom stereocenters. The van der Waals surface area contributed by atoms with Crippen LogP contribution < -0.4 is 5.73 Å². The van der Waals surface area contributed by atoms with Crippen LogP contribution in [0.2, 0.25) is 0 Å². The Morgan fingerprint density at radius 3 is 2.45 bits per heavy atom. The lowest BCUT2D eigenvalue weighted by Gasteiger charge is -2.41. The first kappa shape index (κ1) is 19.3. The number of hydrogen-bond acceptors (Lipinski definition) is 3. The Balaban J connectivity index is 1.73. The van der Waals surface area contributed by atoms with E-state index in [9.17, 15) is 4.79 Å². The number of amides is 1. The molecule has 2 N–H and O–H groups in total. The van der Waals surface area contributed by atoms with E-state index in [2.05, 4.69) is 53.5 Å². The predicted molar refractivity (Wildman–Crippen MR) is 115 cm³/mol. The van der Waals surface area contributed by atoms with E-state index < -0.39 is 0 Å². The summed E-state index contributed by atoms with van der Waals surface area (Å²) in [5.41, 5.74) is 10.8. The van der Waals surface area contributed by atoms with Gasteiger partial charge < -0.3 is 10.6 Å². The smallest absolute Gasteiger partial charge is 0.237 e. The molecular formula is C25H27N3O. The summed E-state index contributed by atoms with van der Waals surface area (Å²) in [7, 11) is 0. The van der Waals surface area contributed by atoms with Crippen LogP contribution in [-0.2, 0) is 24.2 Å². The van der Waals surface area contributed by atoms with Crippen LogP contribution in [0.25, 0.3) is 0 Å². The highest BCUT2D eigenvalue weighted by Crippen LogP contribution is 2.41. The Morgan fingerprint density at radius 1 is 0.966 bits per heavy atom. The van der Waals surface area contributed by atoms with Crippen molar-refractivity contribution in [2.45, 2.75) is 31.8 Å². The minimum atomic E-state index is -0.0124. The van der Waals surface area contributed by atoms with Gasteiger partial charge in [-0.15, -0.1) is 0 Å². The maximum atomic E-state index is 13.0. The highest BCUT2D eigenvalue weighted by molar-refractivity contribution is 5.78. The first-order valence-corrected chi connectivity index (χ1v) is 10.3. The topological polar surface area (TPSA) is 59.2 Å². The van der Waals surface area contributed by atoms with E-state index in [1.807, 2.05) is 23.1 Å². The van der Waals surface area contributed by atoms with E-state index in [0.29, 0.717) is 12.5 Å². The summed E-state index contributed by atoms with van der Waals surface area (Å²) >= 11 is 0. The van der Waals surface area contributed by atoms with Crippen LogP contribution >= 0.6 is 0 Å². The Kier molecular flexibility index (Phi) is 6.01. The molecule has 1 aliphatic rings. The molecule has 2 aromatic carbocycles. The molecule has 0 fully saturated rings. The van der Waals surface area contributed by atoms with Gasteiger partial charge >= 0.3 is 0 Å². The van der Waals surface area contributed by atoms with E-state index in [0.717, 1.165) is 24.8 Å². The second-order valence-electron chi connectivity index (χ2n) is 7.71. The first-order valence-electron chi connectivity index (χ1n) is 10.3. The monoisotopic (exact) mass is 385 g/mol. The summed E-state index contributed by atoms with van der Waals surface area (Å²) in [5, 5.41) is 0. The summed E-state index contributed by atoms with van der Waals surface area (Å²) in [5.74, 6) is 0.339. The molecule has 148 valence electrons. The van der Waals surface area contributed by atoms with Crippen LogP contribution in [0, 0.1) is 5.92 Å². The molecule has 29 heavy (non-hydrogen) atoms. The quantitative estimate of drug-likeness (QED) is 0.700. The molecule has 0 aliphatic heterocycles. The van der Waals surface area contributed by atoms with Crippen molar-refractivity contribution < 1.29 is 4.79 Å². The molecule has 4 heteroatoms. The fourth-order valence-corrected chi connectivity index (χ4v) is 4.50. The summed E-state index contributed by atoms with van der Waals surface area (Å²) in [4.78, 5) is 19.1. The number of hydrogen-bond donors (Lipinski definition) is 1. The van der Waals surface area contributed by atoms with Crippen molar-refractivity contribution >= 4 is 5.91 Å². The Morgan fingerprint density at radius 2 is 1.69 bits per heavy atom. The van der Waals surface area contributed by atoms with Crippen molar-refractivity contribution in [1.82, 2.24) is 9.88 Å². The zero-order valence-electron chi connectivity index (χ0n) is 16.6. The molecule has 1 amide bonds. The van der Waals surface area contributed by atoms with Crippen LogP contribution in [0.1, 0.15) is 34.7 Å². The third-order valence-electron chi connectivity index (χ3n) is 5.88. The van der Waals surface area contributed by atoms with Gasteiger partial charge in [0, 0.05) is 18.9 Å². The number of carbonyl (C=O) groups excluding carboxylic acids is 1. The van der Waals surface area contributed by atoms with Crippen LogP contribution in [0.15, 0.2) is 79.1 Å². The van der Waals surface area contributed by atoms with Crippen LogP contribution in [0.3, 0.4) is 0 Å². The van der Waals surface area contributed by atoms with E-state index in [4.69, 9.17) is 5.73 Å². The highest BCUT2D eigenvalue weighted by Gasteiger charge is 2.35. The van der Waals surface area contributed by atoms with E-state index in [1.54, 1.807) is 12.4 Å². The lowest BCUT2D eigenvalue weighted by molar-refractivity contribution is -0.134. The predicted octanol–water partition coefficient (Wildman–Crippen LogP) is 3.92. The Bertz CT molecular complexity index is 943. The van der Waals surface area contributed by atoms with Crippen LogP contribution in [-0.4, -0.2) is 22.3 Å². The van der Waals surface area contributed by atoms with Gasteiger partial charge in [-0.3, -0.25) is 9.78 Å². The number of carbonyl (C=O) groups is 1. The number of pyridine rings is 1. The number of nitrogens with two attached hydrogens (primary N) is 1. The molecule has 1 aromatic heterocycles. The second kappa shape index (κ2) is 9.01. The molecule has 1 aliphatic carbocycles. The number of nitrogens with zero attached hydrogens (tertiary/aromatic N) is 2. The van der Waals surface area contributed by atoms with Crippen molar-refractivity contribution in [2.24, 2.45) is 11.7 Å². The summed E-state index contributed by atoms with van der Waals surface area (Å²) in [6.07, 6.45) is 6.60. The molecule has 0 saturated heterocycles. The zero-order chi connectivity index (χ0) is 20.1. The molecule has 0 unspecified atom stereocenters. The minimum absolute atomic E-state index is 0.0124. The molecule has 0 spiro atoms. The van der Waals surface area contributed by atoms with Gasteiger partial charge in [-0.1, -0.05) is 54.6 Å². The fourth-order valence-electron chi connectivity index (χ4n) is 4.50. The van der Waals surface area contributed by atoms with E-state index in [-0.39, 0.29) is 18.5 Å². The van der Waals surface area contributed by atoms with E-state index >= 15 is 0 Å². The van der Waals surface area contributed by atoms with Crippen LogP contribution in [0.4, 0.5) is 0 Å². The molecule has 4 nitrogen and oxygen atoms in total. The van der Waals surface area contributed by atoms with Gasteiger partial charge in [0.1, 0.15) is 0 Å². The van der Waals surface area contributed by atoms with Crippen molar-refractivity contribution in [3.63, 3.8) is 0 Å². The number of benzene rings is 2. The first-order chi connectivity index (χ1) is 14.3. The third kappa shape index (κ3) is 4.38. The largest absolute Gasteiger partial charge is 0.330 e. The number of fused-ring (bicyclic) bond motifs is 1. The lowest BCUT2D eigenvalue weighted by Crippen LogP contribution is -2.43. The second-order valence-corrected chi connectivity index (χ2v) is 7.71. The molecule has 0 bridgehead atoms. The van der Waals surface area contributed by atoms with Crippen LogP contribution in [0.5, 0.6) is 0 Å². The summed E-state index contributed by atoms with van der Waals surface area (Å²) in [6, 6.07) is 23.1. The lowest BCUT2D eigenvalue weighted by atomic mass is 9.76. The average Bonchev–Trinajstić information content (AvgIpc) is 2.78. The van der Waals surface area contributed by atoms with Crippen molar-refractivity contribution in [3.8, 4) is 0 Å². The van der Waals surface area contributed by atoms with Crippen molar-refractivity contribution in [2.75, 3.05) is 6.54 Å². The molecule has 3 aromatic rings. The molecule has 0 saturated carbocycles. The molecule has 4 rings (SSSR count). The Labute approximate surface area is 172 Å². The molecule has 0 radical (unpaired) electrons. The molecular weight excluding hydrogens is 358 g/mol. The number of aryl methyl sites for hydroxylation is 1. The van der Waals surface area contributed by atoms with Crippen molar-refractivity contribution in [1.29, 1.82) is 0 Å². The van der Waals surface area contributed by atoms with Gasteiger partial charge in [0.25, 0.3) is 0 Å². The normalized spacial score (nSPS) is 18.1. The zero-order valence-corrected chi connectivity index (χ0v) is 16.6. The number of aromatic nitrogens is 1. The maximum absolute atomic E-state index is 13.0.